The van der Waals surface area contributed by atoms with E-state index in [1.54, 1.807) is 19.8 Å². The molecular formula is C20H30N6O. The molecule has 0 saturated carbocycles. The maximum absolute atomic E-state index is 5.26. The third kappa shape index (κ3) is 5.45. The Morgan fingerprint density at radius 2 is 2.00 bits per heavy atom. The molecule has 1 fully saturated rings. The van der Waals surface area contributed by atoms with E-state index >= 15 is 0 Å². The Hall–Kier alpha value is -2.57. The number of hydrogen-bond acceptors (Lipinski definition) is 4. The Kier molecular flexibility index (Phi) is 7.07. The van der Waals surface area contributed by atoms with Gasteiger partial charge in [0, 0.05) is 38.6 Å². The molecule has 27 heavy (non-hydrogen) atoms. The van der Waals surface area contributed by atoms with Gasteiger partial charge >= 0.3 is 0 Å². The van der Waals surface area contributed by atoms with Crippen LogP contribution in [-0.2, 0) is 6.54 Å². The number of benzene rings is 1. The lowest BCUT2D eigenvalue weighted by atomic mass is 9.98. The van der Waals surface area contributed by atoms with Crippen molar-refractivity contribution in [3.63, 3.8) is 0 Å². The van der Waals surface area contributed by atoms with Crippen LogP contribution in [0.15, 0.2) is 41.9 Å². The van der Waals surface area contributed by atoms with Crippen LogP contribution in [0.2, 0.25) is 0 Å². The Morgan fingerprint density at radius 3 is 2.70 bits per heavy atom. The third-order valence-corrected chi connectivity index (χ3v) is 4.96. The topological polar surface area (TPSA) is 67.6 Å². The molecule has 1 atom stereocenters. The number of hydrogen-bond donors (Lipinski definition) is 1. The molecule has 1 aliphatic rings. The summed E-state index contributed by atoms with van der Waals surface area (Å²) < 4.78 is 7.27. The summed E-state index contributed by atoms with van der Waals surface area (Å²) in [5.74, 6) is 2.50. The second-order valence-electron chi connectivity index (χ2n) is 6.85. The van der Waals surface area contributed by atoms with Crippen molar-refractivity contribution in [1.82, 2.24) is 25.0 Å². The van der Waals surface area contributed by atoms with E-state index in [1.165, 1.54) is 5.56 Å². The Bertz CT molecular complexity index is 698. The van der Waals surface area contributed by atoms with E-state index in [2.05, 4.69) is 39.5 Å². The number of aromatic nitrogens is 3. The molecule has 0 aliphatic carbocycles. The predicted molar refractivity (Wildman–Crippen MR) is 107 cm³/mol. The van der Waals surface area contributed by atoms with Crippen molar-refractivity contribution in [2.75, 3.05) is 33.3 Å². The monoisotopic (exact) mass is 370 g/mol. The number of aryl methyl sites for hydroxylation is 1. The lowest BCUT2D eigenvalue weighted by molar-refractivity contribution is 0.414. The van der Waals surface area contributed by atoms with Crippen LogP contribution in [0.4, 0.5) is 0 Å². The number of rotatable bonds is 8. The van der Waals surface area contributed by atoms with Crippen LogP contribution in [0.3, 0.4) is 0 Å². The number of ether oxygens (including phenoxy) is 1. The van der Waals surface area contributed by atoms with Gasteiger partial charge in [0.25, 0.3) is 0 Å². The fourth-order valence-electron chi connectivity index (χ4n) is 3.46. The first kappa shape index (κ1) is 19.2. The first-order valence-corrected chi connectivity index (χ1v) is 9.79. The molecule has 3 rings (SSSR count). The minimum atomic E-state index is 0.550. The predicted octanol–water partition coefficient (Wildman–Crippen LogP) is 2.52. The normalized spacial score (nSPS) is 17.3. The molecule has 1 aliphatic heterocycles. The highest BCUT2D eigenvalue weighted by Crippen LogP contribution is 2.28. The summed E-state index contributed by atoms with van der Waals surface area (Å²) in [4.78, 5) is 7.23. The zero-order chi connectivity index (χ0) is 18.9. The van der Waals surface area contributed by atoms with Gasteiger partial charge in [-0.1, -0.05) is 12.1 Å². The van der Waals surface area contributed by atoms with Crippen molar-refractivity contribution < 1.29 is 4.74 Å². The molecule has 0 amide bonds. The number of unbranched alkanes of at least 4 members (excludes halogenated alkanes) is 1. The molecule has 7 heteroatoms. The Balaban J connectivity index is 1.50. The van der Waals surface area contributed by atoms with Gasteiger partial charge < -0.3 is 19.5 Å². The summed E-state index contributed by atoms with van der Waals surface area (Å²) in [6, 6.07) is 8.46. The number of aliphatic imine (C=N–C) groups is 1. The van der Waals surface area contributed by atoms with Crippen LogP contribution < -0.4 is 10.1 Å². The average molecular weight is 371 g/mol. The van der Waals surface area contributed by atoms with Crippen molar-refractivity contribution in [2.45, 2.75) is 38.6 Å². The highest BCUT2D eigenvalue weighted by Gasteiger charge is 2.26. The molecule has 0 bridgehead atoms. The summed E-state index contributed by atoms with van der Waals surface area (Å²) >= 11 is 0. The number of nitrogens with zero attached hydrogens (tertiary/aromatic N) is 5. The first-order valence-electron chi connectivity index (χ1n) is 9.79. The molecule has 146 valence electrons. The minimum absolute atomic E-state index is 0.550. The molecule has 1 aromatic carbocycles. The Morgan fingerprint density at radius 1 is 1.22 bits per heavy atom. The van der Waals surface area contributed by atoms with Crippen molar-refractivity contribution in [3.05, 3.63) is 42.5 Å². The second kappa shape index (κ2) is 9.94. The summed E-state index contributed by atoms with van der Waals surface area (Å²) in [7, 11) is 1.71. The molecule has 2 aromatic rings. The molecule has 1 unspecified atom stereocenters. The van der Waals surface area contributed by atoms with Gasteiger partial charge in [-0.2, -0.15) is 0 Å². The number of guanidine groups is 1. The summed E-state index contributed by atoms with van der Waals surface area (Å²) in [6.45, 7) is 6.86. The van der Waals surface area contributed by atoms with Crippen molar-refractivity contribution in [2.24, 2.45) is 4.99 Å². The smallest absolute Gasteiger partial charge is 0.193 e. The van der Waals surface area contributed by atoms with E-state index in [9.17, 15) is 0 Å². The largest absolute Gasteiger partial charge is 0.497 e. The molecular weight excluding hydrogens is 340 g/mol. The van der Waals surface area contributed by atoms with Crippen molar-refractivity contribution in [1.29, 1.82) is 0 Å². The van der Waals surface area contributed by atoms with Crippen LogP contribution in [0.5, 0.6) is 5.75 Å². The van der Waals surface area contributed by atoms with E-state index in [1.807, 2.05) is 16.7 Å². The van der Waals surface area contributed by atoms with Gasteiger partial charge in [0.2, 0.25) is 0 Å². The summed E-state index contributed by atoms with van der Waals surface area (Å²) in [5, 5.41) is 11.1. The lowest BCUT2D eigenvalue weighted by Gasteiger charge is -2.22. The fraction of sp³-hybridized carbons (Fsp3) is 0.550. The molecule has 7 nitrogen and oxygen atoms in total. The van der Waals surface area contributed by atoms with Crippen LogP contribution in [0.25, 0.3) is 0 Å². The van der Waals surface area contributed by atoms with Crippen LogP contribution in [0.1, 0.15) is 37.7 Å². The lowest BCUT2D eigenvalue weighted by Crippen LogP contribution is -2.40. The van der Waals surface area contributed by atoms with Gasteiger partial charge in [0.05, 0.1) is 7.11 Å². The number of methoxy groups -OCH3 is 1. The van der Waals surface area contributed by atoms with Gasteiger partial charge in [0.1, 0.15) is 18.4 Å². The molecule has 0 spiro atoms. The number of nitrogens with one attached hydrogen (secondary N) is 1. The maximum Gasteiger partial charge on any atom is 0.193 e. The molecule has 2 heterocycles. The van der Waals surface area contributed by atoms with Crippen LogP contribution in [0, 0.1) is 0 Å². The standard InChI is InChI=1S/C20H30N6O/c1-3-21-20(22-11-4-5-12-25-15-23-24-16-25)26-13-10-18(14-26)17-6-8-19(27-2)9-7-17/h6-9,15-16,18H,3-5,10-14H2,1-2H3,(H,21,22). The molecule has 1 aromatic heterocycles. The van der Waals surface area contributed by atoms with E-state index < -0.39 is 0 Å². The maximum atomic E-state index is 5.26. The third-order valence-electron chi connectivity index (χ3n) is 4.96. The van der Waals surface area contributed by atoms with Crippen LogP contribution in [-0.4, -0.2) is 58.9 Å². The molecule has 1 N–H and O–H groups in total. The molecule has 1 saturated heterocycles. The highest BCUT2D eigenvalue weighted by molar-refractivity contribution is 5.80. The SMILES string of the molecule is CCNC(=NCCCCn1cnnc1)N1CCC(c2ccc(OC)cc2)C1. The molecule has 0 radical (unpaired) electrons. The second-order valence-corrected chi connectivity index (χ2v) is 6.85. The summed E-state index contributed by atoms with van der Waals surface area (Å²) in [5.41, 5.74) is 1.38. The van der Waals surface area contributed by atoms with E-state index in [4.69, 9.17) is 9.73 Å². The van der Waals surface area contributed by atoms with Gasteiger partial charge in [-0.3, -0.25) is 4.99 Å². The van der Waals surface area contributed by atoms with Crippen LogP contribution >= 0.6 is 0 Å². The zero-order valence-electron chi connectivity index (χ0n) is 16.3. The van der Waals surface area contributed by atoms with Gasteiger partial charge in [0.15, 0.2) is 5.96 Å². The average Bonchev–Trinajstić information content (AvgIpc) is 3.39. The first-order chi connectivity index (χ1) is 13.3. The van der Waals surface area contributed by atoms with E-state index in [-0.39, 0.29) is 0 Å². The fourth-order valence-corrected chi connectivity index (χ4v) is 3.46. The summed E-state index contributed by atoms with van der Waals surface area (Å²) in [6.07, 6.45) is 6.82. The zero-order valence-corrected chi connectivity index (χ0v) is 16.3. The highest BCUT2D eigenvalue weighted by atomic mass is 16.5. The van der Waals surface area contributed by atoms with E-state index in [0.717, 1.165) is 63.7 Å². The Labute approximate surface area is 161 Å². The van der Waals surface area contributed by atoms with Gasteiger partial charge in [-0.05, 0) is 43.9 Å². The quantitative estimate of drug-likeness (QED) is 0.439. The number of likely N-dealkylation sites (tertiary alicyclic amines) is 1. The van der Waals surface area contributed by atoms with E-state index in [0.29, 0.717) is 5.92 Å². The minimum Gasteiger partial charge on any atom is -0.497 e. The van der Waals surface area contributed by atoms with Gasteiger partial charge in [-0.15, -0.1) is 10.2 Å². The van der Waals surface area contributed by atoms with Gasteiger partial charge in [-0.25, -0.2) is 0 Å². The van der Waals surface area contributed by atoms with Crippen molar-refractivity contribution >= 4 is 5.96 Å². The van der Waals surface area contributed by atoms with Crippen molar-refractivity contribution in [3.8, 4) is 5.75 Å².